The molecular formula is C14H19N3O2. The number of carbonyl (C=O) groups is 1. The van der Waals surface area contributed by atoms with Crippen LogP contribution in [0.25, 0.3) is 0 Å². The summed E-state index contributed by atoms with van der Waals surface area (Å²) in [5.41, 5.74) is -0.460. The average Bonchev–Trinajstić information content (AvgIpc) is 2.84. The molecule has 0 spiro atoms. The normalized spacial score (nSPS) is 26.7. The van der Waals surface area contributed by atoms with Crippen LogP contribution in [-0.2, 0) is 4.79 Å². The second-order valence-corrected chi connectivity index (χ2v) is 5.12. The molecule has 5 nitrogen and oxygen atoms in total. The molecule has 1 heterocycles. The maximum absolute atomic E-state index is 12.1. The molecule has 102 valence electrons. The molecule has 1 aliphatic carbocycles. The Balaban J connectivity index is 1.91. The second-order valence-electron chi connectivity index (χ2n) is 5.12. The molecule has 1 aromatic rings. The molecule has 1 amide bonds. The van der Waals surface area contributed by atoms with Crippen LogP contribution in [0, 0.1) is 24.2 Å². The average molecular weight is 261 g/mol. The van der Waals surface area contributed by atoms with Gasteiger partial charge in [-0.2, -0.15) is 5.26 Å². The molecule has 5 heteroatoms. The summed E-state index contributed by atoms with van der Waals surface area (Å²) < 4.78 is 5.33. The van der Waals surface area contributed by atoms with Crippen molar-refractivity contribution >= 4 is 11.8 Å². The van der Waals surface area contributed by atoms with Crippen LogP contribution in [0.2, 0.25) is 0 Å². The summed E-state index contributed by atoms with van der Waals surface area (Å²) >= 11 is 0. The zero-order chi connectivity index (χ0) is 13.9. The van der Waals surface area contributed by atoms with Gasteiger partial charge in [0, 0.05) is 12.0 Å². The highest BCUT2D eigenvalue weighted by Gasteiger charge is 2.36. The molecule has 19 heavy (non-hydrogen) atoms. The molecule has 0 radical (unpaired) electrons. The Hall–Kier alpha value is -1.80. The number of amides is 1. The molecule has 1 aromatic heterocycles. The molecule has 1 fully saturated rings. The fourth-order valence-corrected chi connectivity index (χ4v) is 2.52. The predicted octanol–water partition coefficient (Wildman–Crippen LogP) is 2.20. The highest BCUT2D eigenvalue weighted by atomic mass is 16.4. The number of hydrogen-bond donors (Lipinski definition) is 2. The van der Waals surface area contributed by atoms with E-state index in [1.165, 1.54) is 0 Å². The van der Waals surface area contributed by atoms with Gasteiger partial charge in [0.15, 0.2) is 5.88 Å². The van der Waals surface area contributed by atoms with E-state index >= 15 is 0 Å². The highest BCUT2D eigenvalue weighted by molar-refractivity contribution is 5.91. The van der Waals surface area contributed by atoms with Gasteiger partial charge < -0.3 is 9.73 Å². The van der Waals surface area contributed by atoms with E-state index in [-0.39, 0.29) is 11.8 Å². The van der Waals surface area contributed by atoms with Gasteiger partial charge in [-0.25, -0.2) is 0 Å². The number of nitriles is 1. The number of anilines is 1. The van der Waals surface area contributed by atoms with E-state index in [2.05, 4.69) is 16.7 Å². The maximum atomic E-state index is 12.1. The van der Waals surface area contributed by atoms with Crippen molar-refractivity contribution in [2.24, 2.45) is 5.92 Å². The zero-order valence-electron chi connectivity index (χ0n) is 11.3. The lowest BCUT2D eigenvalue weighted by atomic mass is 9.77. The number of rotatable bonds is 3. The minimum absolute atomic E-state index is 0.0167. The fraction of sp³-hybridized carbons (Fsp3) is 0.571. The quantitative estimate of drug-likeness (QED) is 0.874. The molecule has 0 saturated heterocycles. The van der Waals surface area contributed by atoms with Gasteiger partial charge in [0.05, 0.1) is 6.07 Å². The Morgan fingerprint density at radius 3 is 2.63 bits per heavy atom. The first-order valence-corrected chi connectivity index (χ1v) is 6.56. The van der Waals surface area contributed by atoms with Crippen molar-refractivity contribution < 1.29 is 9.21 Å². The molecule has 1 saturated carbocycles. The van der Waals surface area contributed by atoms with Gasteiger partial charge in [-0.05, 0) is 45.7 Å². The minimum atomic E-state index is -0.460. The minimum Gasteiger partial charge on any atom is -0.446 e. The Kier molecular flexibility index (Phi) is 3.91. The summed E-state index contributed by atoms with van der Waals surface area (Å²) in [4.78, 5) is 12.1. The molecule has 1 aliphatic rings. The van der Waals surface area contributed by atoms with Gasteiger partial charge in [0.25, 0.3) is 0 Å². The number of nitrogens with zero attached hydrogens (tertiary/aromatic N) is 1. The summed E-state index contributed by atoms with van der Waals surface area (Å²) in [5, 5.41) is 15.0. The third kappa shape index (κ3) is 2.96. The van der Waals surface area contributed by atoms with Gasteiger partial charge in [0.2, 0.25) is 5.91 Å². The van der Waals surface area contributed by atoms with Crippen molar-refractivity contribution in [3.8, 4) is 6.07 Å². The van der Waals surface area contributed by atoms with Gasteiger partial charge in [-0.1, -0.05) is 0 Å². The second kappa shape index (κ2) is 5.45. The van der Waals surface area contributed by atoms with E-state index in [0.717, 1.165) is 18.6 Å². The topological polar surface area (TPSA) is 78.1 Å². The number of aryl methyl sites for hydroxylation is 1. The number of nitrogens with one attached hydrogen (secondary N) is 2. The van der Waals surface area contributed by atoms with Crippen LogP contribution in [0.15, 0.2) is 16.5 Å². The fourth-order valence-electron chi connectivity index (χ4n) is 2.52. The largest absolute Gasteiger partial charge is 0.446 e. The number of furan rings is 1. The van der Waals surface area contributed by atoms with Crippen molar-refractivity contribution in [1.29, 1.82) is 5.26 Å². The summed E-state index contributed by atoms with van der Waals surface area (Å²) in [6, 6.07) is 5.89. The van der Waals surface area contributed by atoms with Gasteiger partial charge in [-0.3, -0.25) is 10.1 Å². The first kappa shape index (κ1) is 13.6. The molecule has 0 atom stereocenters. The molecular weight excluding hydrogens is 242 g/mol. The molecule has 2 N–H and O–H groups in total. The van der Waals surface area contributed by atoms with Gasteiger partial charge >= 0.3 is 0 Å². The monoisotopic (exact) mass is 261 g/mol. The van der Waals surface area contributed by atoms with Crippen LogP contribution < -0.4 is 10.6 Å². The van der Waals surface area contributed by atoms with E-state index in [4.69, 9.17) is 4.42 Å². The van der Waals surface area contributed by atoms with Crippen molar-refractivity contribution in [2.75, 3.05) is 12.4 Å². The molecule has 0 unspecified atom stereocenters. The van der Waals surface area contributed by atoms with Crippen molar-refractivity contribution in [2.45, 2.75) is 38.1 Å². The van der Waals surface area contributed by atoms with Crippen LogP contribution in [0.4, 0.5) is 5.88 Å². The van der Waals surface area contributed by atoms with E-state index in [1.807, 2.05) is 13.0 Å². The van der Waals surface area contributed by atoms with E-state index in [9.17, 15) is 10.1 Å². The van der Waals surface area contributed by atoms with Crippen LogP contribution in [0.5, 0.6) is 0 Å². The Bertz CT molecular complexity index is 493. The third-order valence-corrected chi connectivity index (χ3v) is 3.89. The molecule has 0 aromatic carbocycles. The smallest absolute Gasteiger partial charge is 0.229 e. The lowest BCUT2D eigenvalue weighted by molar-refractivity contribution is -0.121. The first-order chi connectivity index (χ1) is 9.08. The molecule has 2 rings (SSSR count). The standard InChI is InChI=1S/C14H19N3O2/c1-10-3-4-12(19-10)17-13(18)11-5-7-14(9-15,16-2)8-6-11/h3-4,11,16H,5-8H2,1-2H3,(H,17,18). The summed E-state index contributed by atoms with van der Waals surface area (Å²) in [5.74, 6) is 1.21. The Morgan fingerprint density at radius 2 is 2.16 bits per heavy atom. The van der Waals surface area contributed by atoms with Gasteiger partial charge in [-0.15, -0.1) is 0 Å². The van der Waals surface area contributed by atoms with Crippen LogP contribution >= 0.6 is 0 Å². The number of hydrogen-bond acceptors (Lipinski definition) is 4. The highest BCUT2D eigenvalue weighted by Crippen LogP contribution is 2.32. The van der Waals surface area contributed by atoms with E-state index in [1.54, 1.807) is 13.1 Å². The third-order valence-electron chi connectivity index (χ3n) is 3.89. The molecule has 0 bridgehead atoms. The summed E-state index contributed by atoms with van der Waals surface area (Å²) in [7, 11) is 1.80. The van der Waals surface area contributed by atoms with Crippen LogP contribution in [0.1, 0.15) is 31.4 Å². The van der Waals surface area contributed by atoms with Gasteiger partial charge in [0.1, 0.15) is 11.3 Å². The maximum Gasteiger partial charge on any atom is 0.229 e. The number of carbonyl (C=O) groups excluding carboxylic acids is 1. The summed E-state index contributed by atoms with van der Waals surface area (Å²) in [6.07, 6.45) is 2.85. The van der Waals surface area contributed by atoms with Crippen molar-refractivity contribution in [3.05, 3.63) is 17.9 Å². The first-order valence-electron chi connectivity index (χ1n) is 6.56. The van der Waals surface area contributed by atoms with E-state index < -0.39 is 5.54 Å². The van der Waals surface area contributed by atoms with E-state index in [0.29, 0.717) is 18.7 Å². The SMILES string of the molecule is CNC1(C#N)CCC(C(=O)Nc2ccc(C)o2)CC1. The van der Waals surface area contributed by atoms with Crippen LogP contribution in [0.3, 0.4) is 0 Å². The Morgan fingerprint density at radius 1 is 1.47 bits per heavy atom. The zero-order valence-corrected chi connectivity index (χ0v) is 11.3. The predicted molar refractivity (Wildman–Crippen MR) is 71.4 cm³/mol. The van der Waals surface area contributed by atoms with Crippen LogP contribution in [-0.4, -0.2) is 18.5 Å². The summed E-state index contributed by atoms with van der Waals surface area (Å²) in [6.45, 7) is 1.84. The van der Waals surface area contributed by atoms with Crippen molar-refractivity contribution in [3.63, 3.8) is 0 Å². The lowest BCUT2D eigenvalue weighted by Gasteiger charge is -2.33. The molecule has 0 aliphatic heterocycles. The Labute approximate surface area is 113 Å². The van der Waals surface area contributed by atoms with Crippen molar-refractivity contribution in [1.82, 2.24) is 5.32 Å². The lowest BCUT2D eigenvalue weighted by Crippen LogP contribution is -2.46.